The molecule has 0 saturated heterocycles. The zero-order valence-electron chi connectivity index (χ0n) is 7.97. The fraction of sp³-hybridized carbons (Fsp3) is 0.364. The number of aryl methyl sites for hydroxylation is 2. The Morgan fingerprint density at radius 2 is 2.14 bits per heavy atom. The molecule has 0 aromatic heterocycles. The molecule has 0 aliphatic carbocycles. The van der Waals surface area contributed by atoms with E-state index in [9.17, 15) is 13.6 Å². The number of rotatable bonds is 4. The van der Waals surface area contributed by atoms with Crippen LogP contribution < -0.4 is 0 Å². The van der Waals surface area contributed by atoms with Crippen LogP contribution in [-0.4, -0.2) is 6.29 Å². The summed E-state index contributed by atoms with van der Waals surface area (Å²) in [6, 6.07) is 4.79. The molecule has 0 amide bonds. The number of carbonyl (C=O) groups excluding carboxylic acids is 1. The van der Waals surface area contributed by atoms with Gasteiger partial charge in [-0.15, -0.1) is 0 Å². The van der Waals surface area contributed by atoms with E-state index in [1.807, 2.05) is 0 Å². The number of aldehydes is 1. The van der Waals surface area contributed by atoms with Gasteiger partial charge in [-0.25, -0.2) is 8.78 Å². The van der Waals surface area contributed by atoms with Gasteiger partial charge in [-0.1, -0.05) is 18.2 Å². The van der Waals surface area contributed by atoms with Crippen molar-refractivity contribution in [2.45, 2.75) is 26.2 Å². The molecule has 3 heteroatoms. The molecule has 1 aromatic carbocycles. The second kappa shape index (κ2) is 4.84. The smallest absolute Gasteiger partial charge is 0.264 e. The normalized spacial score (nSPS) is 10.6. The highest BCUT2D eigenvalue weighted by molar-refractivity contribution is 5.50. The Balaban J connectivity index is 2.83. The van der Waals surface area contributed by atoms with Crippen LogP contribution in [0.15, 0.2) is 18.2 Å². The molecule has 0 fully saturated rings. The van der Waals surface area contributed by atoms with Crippen molar-refractivity contribution in [3.8, 4) is 0 Å². The van der Waals surface area contributed by atoms with E-state index in [1.54, 1.807) is 19.1 Å². The number of hydrogen-bond donors (Lipinski definition) is 0. The molecule has 0 spiro atoms. The standard InChI is InChI=1S/C11H12F2O/c1-8-7-9(3-2-6-14)4-5-10(8)11(12)13/h4-7,11H,2-3H2,1H3. The highest BCUT2D eigenvalue weighted by atomic mass is 19.3. The van der Waals surface area contributed by atoms with Crippen molar-refractivity contribution in [1.82, 2.24) is 0 Å². The first kappa shape index (κ1) is 10.8. The topological polar surface area (TPSA) is 17.1 Å². The van der Waals surface area contributed by atoms with Crippen LogP contribution in [0.3, 0.4) is 0 Å². The van der Waals surface area contributed by atoms with Crippen LogP contribution in [0.5, 0.6) is 0 Å². The number of alkyl halides is 2. The van der Waals surface area contributed by atoms with Gasteiger partial charge in [0.15, 0.2) is 0 Å². The second-order valence-electron chi connectivity index (χ2n) is 3.20. The van der Waals surface area contributed by atoms with Crippen LogP contribution in [0, 0.1) is 6.92 Å². The lowest BCUT2D eigenvalue weighted by atomic mass is 10.0. The van der Waals surface area contributed by atoms with Gasteiger partial charge in [0.25, 0.3) is 6.43 Å². The van der Waals surface area contributed by atoms with Gasteiger partial charge in [0.05, 0.1) is 0 Å². The molecule has 0 aliphatic rings. The monoisotopic (exact) mass is 198 g/mol. The van der Waals surface area contributed by atoms with Gasteiger partial charge in [-0.3, -0.25) is 0 Å². The SMILES string of the molecule is Cc1cc(CCC=O)ccc1C(F)F. The third kappa shape index (κ3) is 2.62. The maximum absolute atomic E-state index is 12.4. The molecule has 1 aromatic rings. The first-order valence-electron chi connectivity index (χ1n) is 4.46. The van der Waals surface area contributed by atoms with Crippen molar-refractivity contribution in [1.29, 1.82) is 0 Å². The van der Waals surface area contributed by atoms with Crippen LogP contribution in [0.4, 0.5) is 8.78 Å². The van der Waals surface area contributed by atoms with Gasteiger partial charge in [0, 0.05) is 12.0 Å². The summed E-state index contributed by atoms with van der Waals surface area (Å²) in [5.74, 6) is 0. The highest BCUT2D eigenvalue weighted by Crippen LogP contribution is 2.23. The van der Waals surface area contributed by atoms with Gasteiger partial charge < -0.3 is 4.79 Å². The summed E-state index contributed by atoms with van der Waals surface area (Å²) in [4.78, 5) is 10.1. The Morgan fingerprint density at radius 3 is 2.64 bits per heavy atom. The minimum atomic E-state index is -2.42. The fourth-order valence-corrected chi connectivity index (χ4v) is 1.36. The maximum Gasteiger partial charge on any atom is 0.264 e. The maximum atomic E-state index is 12.4. The molecule has 0 aliphatic heterocycles. The predicted octanol–water partition coefficient (Wildman–Crippen LogP) is 3.06. The van der Waals surface area contributed by atoms with E-state index in [1.165, 1.54) is 6.07 Å². The highest BCUT2D eigenvalue weighted by Gasteiger charge is 2.09. The second-order valence-corrected chi connectivity index (χ2v) is 3.20. The molecule has 76 valence electrons. The van der Waals surface area contributed by atoms with E-state index in [0.717, 1.165) is 11.8 Å². The van der Waals surface area contributed by atoms with Crippen molar-refractivity contribution >= 4 is 6.29 Å². The molecular formula is C11H12F2O. The van der Waals surface area contributed by atoms with Crippen molar-refractivity contribution < 1.29 is 13.6 Å². The molecular weight excluding hydrogens is 186 g/mol. The molecule has 0 unspecified atom stereocenters. The Bertz CT molecular complexity index is 321. The third-order valence-corrected chi connectivity index (χ3v) is 2.12. The first-order valence-corrected chi connectivity index (χ1v) is 4.46. The fourth-order valence-electron chi connectivity index (χ4n) is 1.36. The van der Waals surface area contributed by atoms with Gasteiger partial charge in [-0.2, -0.15) is 0 Å². The van der Waals surface area contributed by atoms with E-state index in [0.29, 0.717) is 18.4 Å². The predicted molar refractivity (Wildman–Crippen MR) is 50.5 cm³/mol. The van der Waals surface area contributed by atoms with Crippen molar-refractivity contribution in [2.75, 3.05) is 0 Å². The lowest BCUT2D eigenvalue weighted by Gasteiger charge is -2.06. The average Bonchev–Trinajstić information content (AvgIpc) is 2.14. The van der Waals surface area contributed by atoms with Crippen molar-refractivity contribution in [3.05, 3.63) is 34.9 Å². The lowest BCUT2D eigenvalue weighted by molar-refractivity contribution is -0.107. The molecule has 1 rings (SSSR count). The Kier molecular flexibility index (Phi) is 3.74. The molecule has 0 saturated carbocycles. The number of carbonyl (C=O) groups is 1. The van der Waals surface area contributed by atoms with Gasteiger partial charge in [0.2, 0.25) is 0 Å². The van der Waals surface area contributed by atoms with E-state index < -0.39 is 6.43 Å². The molecule has 1 nitrogen and oxygen atoms in total. The summed E-state index contributed by atoms with van der Waals surface area (Å²) in [5, 5.41) is 0. The molecule has 0 bridgehead atoms. The molecule has 0 N–H and O–H groups in total. The van der Waals surface area contributed by atoms with Gasteiger partial charge in [-0.05, 0) is 24.5 Å². The van der Waals surface area contributed by atoms with E-state index in [4.69, 9.17) is 0 Å². The molecule has 14 heavy (non-hydrogen) atoms. The summed E-state index contributed by atoms with van der Waals surface area (Å²) in [6.45, 7) is 1.66. The molecule has 0 radical (unpaired) electrons. The summed E-state index contributed by atoms with van der Waals surface area (Å²) >= 11 is 0. The van der Waals surface area contributed by atoms with Gasteiger partial charge in [0.1, 0.15) is 6.29 Å². The van der Waals surface area contributed by atoms with E-state index >= 15 is 0 Å². The zero-order valence-corrected chi connectivity index (χ0v) is 7.97. The van der Waals surface area contributed by atoms with E-state index in [-0.39, 0.29) is 5.56 Å². The van der Waals surface area contributed by atoms with Crippen LogP contribution in [-0.2, 0) is 11.2 Å². The Hall–Kier alpha value is -1.25. The average molecular weight is 198 g/mol. The quantitative estimate of drug-likeness (QED) is 0.679. The summed E-state index contributed by atoms with van der Waals surface area (Å²) in [6.07, 6.45) is -0.535. The van der Waals surface area contributed by atoms with Crippen LogP contribution in [0.2, 0.25) is 0 Å². The van der Waals surface area contributed by atoms with E-state index in [2.05, 4.69) is 0 Å². The summed E-state index contributed by atoms with van der Waals surface area (Å²) in [5.41, 5.74) is 1.59. The molecule has 0 atom stereocenters. The number of benzene rings is 1. The minimum absolute atomic E-state index is 0.0693. The number of halogens is 2. The van der Waals surface area contributed by atoms with Crippen molar-refractivity contribution in [3.63, 3.8) is 0 Å². The first-order chi connectivity index (χ1) is 6.65. The van der Waals surface area contributed by atoms with Crippen molar-refractivity contribution in [2.24, 2.45) is 0 Å². The van der Waals surface area contributed by atoms with Crippen LogP contribution in [0.25, 0.3) is 0 Å². The molecule has 0 heterocycles. The summed E-state index contributed by atoms with van der Waals surface area (Å²) in [7, 11) is 0. The summed E-state index contributed by atoms with van der Waals surface area (Å²) < 4.78 is 24.7. The largest absolute Gasteiger partial charge is 0.303 e. The van der Waals surface area contributed by atoms with Crippen LogP contribution >= 0.6 is 0 Å². The Morgan fingerprint density at radius 1 is 1.43 bits per heavy atom. The third-order valence-electron chi connectivity index (χ3n) is 2.12. The van der Waals surface area contributed by atoms with Crippen LogP contribution in [0.1, 0.15) is 29.5 Å². The van der Waals surface area contributed by atoms with Gasteiger partial charge >= 0.3 is 0 Å². The lowest BCUT2D eigenvalue weighted by Crippen LogP contribution is -1.93. The number of hydrogen-bond acceptors (Lipinski definition) is 1. The Labute approximate surface area is 81.7 Å². The minimum Gasteiger partial charge on any atom is -0.303 e. The zero-order chi connectivity index (χ0) is 10.6.